The van der Waals surface area contributed by atoms with Crippen molar-refractivity contribution < 1.29 is 50.3 Å². The highest BCUT2D eigenvalue weighted by Gasteiger charge is 2.35. The van der Waals surface area contributed by atoms with Gasteiger partial charge in [0.2, 0.25) is 0 Å². The van der Waals surface area contributed by atoms with Crippen molar-refractivity contribution in [3.8, 4) is 46.0 Å². The van der Waals surface area contributed by atoms with Crippen LogP contribution >= 0.6 is 0 Å². The van der Waals surface area contributed by atoms with Crippen molar-refractivity contribution in [2.45, 2.75) is 25.2 Å². The van der Waals surface area contributed by atoms with Crippen molar-refractivity contribution in [1.82, 2.24) is 0 Å². The molecule has 0 aliphatic carbocycles. The van der Waals surface area contributed by atoms with Gasteiger partial charge in [-0.2, -0.15) is 0 Å². The van der Waals surface area contributed by atoms with E-state index in [-0.39, 0.29) is 41.8 Å². The molecule has 0 fully saturated rings. The molecule has 2 atom stereocenters. The van der Waals surface area contributed by atoms with Crippen molar-refractivity contribution in [3.05, 3.63) is 59.2 Å². The Balaban J connectivity index is 1.58. The van der Waals surface area contributed by atoms with Crippen LogP contribution in [0.4, 0.5) is 0 Å². The number of phenolic OH excluding ortho intramolecular Hbond substituents is 7. The fraction of sp³-hybridized carbons (Fsp3) is 0.182. The summed E-state index contributed by atoms with van der Waals surface area (Å²) in [5.41, 5.74) is 1.11. The number of benzene rings is 3. The average Bonchev–Trinajstić information content (AvgIpc) is 2.74. The molecule has 168 valence electrons. The number of aromatic hydroxyl groups is 7. The van der Waals surface area contributed by atoms with Gasteiger partial charge in [0.25, 0.3) is 0 Å². The lowest BCUT2D eigenvalue weighted by Gasteiger charge is -2.33. The van der Waals surface area contributed by atoms with E-state index in [9.17, 15) is 35.7 Å². The minimum absolute atomic E-state index is 0.111. The van der Waals surface area contributed by atoms with E-state index in [1.807, 2.05) is 0 Å². The van der Waals surface area contributed by atoms with Crippen molar-refractivity contribution in [1.29, 1.82) is 0 Å². The largest absolute Gasteiger partial charge is 0.508 e. The van der Waals surface area contributed by atoms with Gasteiger partial charge in [-0.3, -0.25) is 0 Å². The zero-order valence-corrected chi connectivity index (χ0v) is 16.5. The van der Waals surface area contributed by atoms with E-state index >= 15 is 0 Å². The average molecular weight is 444 g/mol. The molecule has 0 spiro atoms. The van der Waals surface area contributed by atoms with Crippen LogP contribution < -0.4 is 4.74 Å². The third kappa shape index (κ3) is 4.09. The number of ether oxygens (including phenoxy) is 1. The predicted molar refractivity (Wildman–Crippen MR) is 108 cm³/mol. The summed E-state index contributed by atoms with van der Waals surface area (Å²) in [6, 6.07) is 8.96. The molecule has 4 rings (SSSR count). The Kier molecular flexibility index (Phi) is 5.47. The molecule has 0 radical (unpaired) electrons. The minimum Gasteiger partial charge on any atom is -0.508 e. The van der Waals surface area contributed by atoms with Crippen LogP contribution in [0.2, 0.25) is 0 Å². The highest BCUT2D eigenvalue weighted by Crippen LogP contribution is 2.44. The number of fused-ring (bicyclic) bond motifs is 1. The molecule has 7 N–H and O–H groups in total. The molecule has 0 saturated carbocycles. The molecule has 10 heteroatoms. The molecule has 1 aliphatic rings. The topological polar surface area (TPSA) is 169 Å². The van der Waals surface area contributed by atoms with E-state index in [2.05, 4.69) is 0 Å². The van der Waals surface area contributed by atoms with Crippen LogP contribution in [0.3, 0.4) is 0 Å². The normalized spacial score (nSPS) is 17.5. The van der Waals surface area contributed by atoms with Gasteiger partial charge in [0.05, 0.1) is 0 Å². The van der Waals surface area contributed by atoms with Gasteiger partial charge >= 0.3 is 0 Å². The van der Waals surface area contributed by atoms with Crippen molar-refractivity contribution in [2.75, 3.05) is 0 Å². The SMILES string of the molecule is Oc1cc(O)c2c(c1)OC(c1ccc(O)c(O)c1)[C@H](OOCc1cc(O)c(O)c(O)c1)C2. The quantitative estimate of drug-likeness (QED) is 0.176. The van der Waals surface area contributed by atoms with Crippen molar-refractivity contribution in [2.24, 2.45) is 0 Å². The molecule has 1 aliphatic heterocycles. The van der Waals surface area contributed by atoms with Gasteiger partial charge in [-0.1, -0.05) is 6.07 Å². The van der Waals surface area contributed by atoms with Gasteiger partial charge in [0.15, 0.2) is 34.9 Å². The maximum Gasteiger partial charge on any atom is 0.200 e. The van der Waals surface area contributed by atoms with Crippen LogP contribution in [0, 0.1) is 0 Å². The second kappa shape index (κ2) is 8.25. The molecule has 10 nitrogen and oxygen atoms in total. The minimum atomic E-state index is -0.850. The summed E-state index contributed by atoms with van der Waals surface area (Å²) in [7, 11) is 0. The molecule has 3 aromatic carbocycles. The van der Waals surface area contributed by atoms with Crippen LogP contribution in [0.5, 0.6) is 46.0 Å². The molecule has 1 heterocycles. The first kappa shape index (κ1) is 21.2. The second-order valence-corrected chi connectivity index (χ2v) is 7.31. The van der Waals surface area contributed by atoms with Crippen molar-refractivity contribution >= 4 is 0 Å². The molecule has 0 saturated heterocycles. The summed E-state index contributed by atoms with van der Waals surface area (Å²) < 4.78 is 5.91. The van der Waals surface area contributed by atoms with Crippen LogP contribution in [-0.4, -0.2) is 41.8 Å². The van der Waals surface area contributed by atoms with E-state index in [0.717, 1.165) is 6.07 Å². The van der Waals surface area contributed by atoms with Gasteiger partial charge in [-0.15, -0.1) is 0 Å². The molecule has 32 heavy (non-hydrogen) atoms. The summed E-state index contributed by atoms with van der Waals surface area (Å²) in [6.07, 6.45) is -1.57. The van der Waals surface area contributed by atoms with E-state index in [1.54, 1.807) is 0 Å². The molecule has 0 aromatic heterocycles. The van der Waals surface area contributed by atoms with Gasteiger partial charge in [0, 0.05) is 24.1 Å². The Labute approximate surface area is 181 Å². The molecule has 0 amide bonds. The third-order valence-electron chi connectivity index (χ3n) is 5.04. The lowest BCUT2D eigenvalue weighted by Crippen LogP contribution is -2.33. The first-order chi connectivity index (χ1) is 15.2. The summed E-state index contributed by atoms with van der Waals surface area (Å²) in [5, 5.41) is 68.1. The van der Waals surface area contributed by atoms with Gasteiger partial charge in [0.1, 0.15) is 30.0 Å². The van der Waals surface area contributed by atoms with Gasteiger partial charge in [-0.05, 0) is 35.4 Å². The summed E-state index contributed by atoms with van der Waals surface area (Å²) in [4.78, 5) is 10.8. The maximum absolute atomic E-state index is 10.2. The monoisotopic (exact) mass is 444 g/mol. The summed E-state index contributed by atoms with van der Waals surface area (Å²) in [5.74, 6) is -2.58. The highest BCUT2D eigenvalue weighted by atomic mass is 17.2. The standard InChI is InChI=1S/C22H20O10/c23-12-6-15(25)13-8-20(32-30-9-10-3-17(27)21(29)18(28)4-10)22(31-19(13)7-12)11-1-2-14(24)16(26)5-11/h1-7,20,22-29H,8-9H2/t20-,22?/m1/s1. The molecule has 3 aromatic rings. The fourth-order valence-corrected chi connectivity index (χ4v) is 3.47. The first-order valence-corrected chi connectivity index (χ1v) is 9.48. The van der Waals surface area contributed by atoms with Crippen LogP contribution in [0.15, 0.2) is 42.5 Å². The fourth-order valence-electron chi connectivity index (χ4n) is 3.47. The smallest absolute Gasteiger partial charge is 0.200 e. The summed E-state index contributed by atoms with van der Waals surface area (Å²) in [6.45, 7) is -0.208. The molecular weight excluding hydrogens is 424 g/mol. The van der Waals surface area contributed by atoms with Gasteiger partial charge < -0.3 is 40.5 Å². The Bertz CT molecular complexity index is 1140. The third-order valence-corrected chi connectivity index (χ3v) is 5.04. The molecule has 1 unspecified atom stereocenters. The van der Waals surface area contributed by atoms with Crippen LogP contribution in [0.1, 0.15) is 22.8 Å². The Morgan fingerprint density at radius 2 is 1.50 bits per heavy atom. The van der Waals surface area contributed by atoms with Crippen LogP contribution in [-0.2, 0) is 22.8 Å². The lowest BCUT2D eigenvalue weighted by molar-refractivity contribution is -0.347. The lowest BCUT2D eigenvalue weighted by atomic mass is 9.94. The maximum atomic E-state index is 10.2. The van der Waals surface area contributed by atoms with E-state index < -0.39 is 29.5 Å². The molecule has 0 bridgehead atoms. The van der Waals surface area contributed by atoms with E-state index in [0.29, 0.717) is 16.7 Å². The Hall–Kier alpha value is -4.02. The second-order valence-electron chi connectivity index (χ2n) is 7.31. The number of hydrogen-bond acceptors (Lipinski definition) is 10. The molecular formula is C22H20O10. The first-order valence-electron chi connectivity index (χ1n) is 9.48. The number of rotatable bonds is 5. The highest BCUT2D eigenvalue weighted by molar-refractivity contribution is 5.52. The number of phenols is 7. The van der Waals surface area contributed by atoms with Gasteiger partial charge in [-0.25, -0.2) is 9.78 Å². The Morgan fingerprint density at radius 1 is 0.781 bits per heavy atom. The van der Waals surface area contributed by atoms with Crippen LogP contribution in [0.25, 0.3) is 0 Å². The zero-order chi connectivity index (χ0) is 23.0. The number of hydrogen-bond donors (Lipinski definition) is 7. The van der Waals surface area contributed by atoms with E-state index in [1.165, 1.54) is 36.4 Å². The summed E-state index contributed by atoms with van der Waals surface area (Å²) >= 11 is 0. The van der Waals surface area contributed by atoms with E-state index in [4.69, 9.17) is 14.5 Å². The predicted octanol–water partition coefficient (Wildman–Crippen LogP) is 2.82. The zero-order valence-electron chi connectivity index (χ0n) is 16.5. The Morgan fingerprint density at radius 3 is 2.19 bits per heavy atom. The van der Waals surface area contributed by atoms with Crippen molar-refractivity contribution in [3.63, 3.8) is 0 Å².